The van der Waals surface area contributed by atoms with Crippen molar-refractivity contribution in [2.75, 3.05) is 23.7 Å². The Morgan fingerprint density at radius 3 is 2.48 bits per heavy atom. The number of fused-ring (bicyclic) bond motifs is 1. The summed E-state index contributed by atoms with van der Waals surface area (Å²) < 4.78 is 16.5. The molecule has 0 spiro atoms. The summed E-state index contributed by atoms with van der Waals surface area (Å²) in [6.07, 6.45) is 9.89. The number of carbonyl (C=O) groups excluding carboxylic acids is 4. The molecule has 2 aliphatic heterocycles. The van der Waals surface area contributed by atoms with Crippen LogP contribution in [0.4, 0.5) is 16.0 Å². The number of nitrogens with zero attached hydrogens (tertiary/aromatic N) is 5. The van der Waals surface area contributed by atoms with Gasteiger partial charge in [0.25, 0.3) is 11.8 Å². The summed E-state index contributed by atoms with van der Waals surface area (Å²) in [5.41, 5.74) is 3.04. The van der Waals surface area contributed by atoms with Gasteiger partial charge in [0, 0.05) is 43.5 Å². The zero-order chi connectivity index (χ0) is 30.8. The number of piperidine rings is 1. The second kappa shape index (κ2) is 12.5. The molecule has 12 nitrogen and oxygen atoms in total. The van der Waals surface area contributed by atoms with Crippen molar-refractivity contribution in [1.82, 2.24) is 30.0 Å². The average molecular weight is 603 g/mol. The van der Waals surface area contributed by atoms with Gasteiger partial charge in [-0.3, -0.25) is 34.1 Å². The summed E-state index contributed by atoms with van der Waals surface area (Å²) in [6.45, 7) is 1.24. The molecule has 1 atom stereocenters. The van der Waals surface area contributed by atoms with Gasteiger partial charge in [-0.1, -0.05) is 18.9 Å². The predicted octanol–water partition coefficient (Wildman–Crippen LogP) is 3.45. The Hall–Kier alpha value is -4.68. The monoisotopic (exact) mass is 602 g/mol. The van der Waals surface area contributed by atoms with Crippen LogP contribution in [0.25, 0.3) is 11.3 Å². The number of benzene rings is 1. The first kappa shape index (κ1) is 29.4. The number of carbonyl (C=O) groups is 4. The minimum Gasteiger partial charge on any atom is -0.384 e. The summed E-state index contributed by atoms with van der Waals surface area (Å²) in [6, 6.07) is 4.04. The van der Waals surface area contributed by atoms with Gasteiger partial charge in [0.2, 0.25) is 17.8 Å². The fourth-order valence-electron chi connectivity index (χ4n) is 5.83. The molecule has 1 saturated heterocycles. The molecule has 6 rings (SSSR count). The van der Waals surface area contributed by atoms with Crippen LogP contribution in [0.5, 0.6) is 0 Å². The molecule has 0 radical (unpaired) electrons. The van der Waals surface area contributed by atoms with E-state index in [0.717, 1.165) is 42.7 Å². The van der Waals surface area contributed by atoms with Gasteiger partial charge in [0.05, 0.1) is 23.5 Å². The van der Waals surface area contributed by atoms with Crippen LogP contribution in [0.3, 0.4) is 0 Å². The molecule has 1 aromatic carbocycles. The molecular formula is C31H35FN8O4. The third-order valence-corrected chi connectivity index (χ3v) is 8.41. The highest BCUT2D eigenvalue weighted by Gasteiger charge is 2.45. The largest absolute Gasteiger partial charge is 0.384 e. The van der Waals surface area contributed by atoms with Crippen LogP contribution in [-0.2, 0) is 23.1 Å². The molecule has 13 heteroatoms. The smallest absolute Gasteiger partial charge is 0.264 e. The third-order valence-electron chi connectivity index (χ3n) is 8.41. The molecule has 0 bridgehead atoms. The fourth-order valence-corrected chi connectivity index (χ4v) is 5.83. The molecule has 2 fully saturated rings. The minimum atomic E-state index is -0.992. The van der Waals surface area contributed by atoms with Gasteiger partial charge in [-0.25, -0.2) is 14.4 Å². The molecule has 230 valence electrons. The lowest BCUT2D eigenvalue weighted by Crippen LogP contribution is -2.54. The lowest BCUT2D eigenvalue weighted by atomic mass is 10.0. The van der Waals surface area contributed by atoms with Gasteiger partial charge in [0.15, 0.2) is 5.82 Å². The summed E-state index contributed by atoms with van der Waals surface area (Å²) in [4.78, 5) is 59.6. The second-order valence-corrected chi connectivity index (χ2v) is 11.6. The van der Waals surface area contributed by atoms with E-state index < -0.39 is 35.5 Å². The number of anilines is 2. The first-order valence-corrected chi connectivity index (χ1v) is 15.2. The molecule has 44 heavy (non-hydrogen) atoms. The van der Waals surface area contributed by atoms with Crippen molar-refractivity contribution >= 4 is 35.3 Å². The molecule has 3 aliphatic rings. The molecule has 1 saturated carbocycles. The average Bonchev–Trinajstić information content (AvgIpc) is 3.71. The topological polar surface area (TPSA) is 151 Å². The maximum Gasteiger partial charge on any atom is 0.264 e. The molecule has 1 aliphatic carbocycles. The summed E-state index contributed by atoms with van der Waals surface area (Å²) in [5.74, 6) is -1.53. The van der Waals surface area contributed by atoms with Crippen molar-refractivity contribution in [2.45, 2.75) is 63.8 Å². The van der Waals surface area contributed by atoms with Crippen LogP contribution >= 0.6 is 0 Å². The Labute approximate surface area is 253 Å². The standard InChI is InChI=1S/C31H35FN8O4/c1-39-24(15-18-9-10-18)20(16-36-39)27-21(32)17-35-31(38-27)34-14-5-3-2-4-13-33-22-8-6-7-19-26(22)30(44)40(29(19)43)23-11-12-25(41)37-28(23)42/h6-8,16-18,23,33H,2-5,9-15H2,1H3,(H,34,35,38)(H,37,41,42). The number of nitrogens with one attached hydrogen (secondary N) is 3. The SMILES string of the molecule is Cn1ncc(-c2nc(NCCCCCCNc3cccc4c3C(=O)N(C3CCC(=O)NC3=O)C4=O)ncc2F)c1CC1CC1. The Morgan fingerprint density at radius 2 is 1.73 bits per heavy atom. The lowest BCUT2D eigenvalue weighted by Gasteiger charge is -2.27. The Kier molecular flexibility index (Phi) is 8.36. The summed E-state index contributed by atoms with van der Waals surface area (Å²) in [5, 5.41) is 13.0. The predicted molar refractivity (Wildman–Crippen MR) is 159 cm³/mol. The maximum absolute atomic E-state index is 14.7. The third kappa shape index (κ3) is 6.03. The van der Waals surface area contributed by atoms with E-state index in [2.05, 4.69) is 31.0 Å². The highest BCUT2D eigenvalue weighted by atomic mass is 19.1. The first-order chi connectivity index (χ1) is 21.3. The highest BCUT2D eigenvalue weighted by molar-refractivity contribution is 6.25. The molecule has 3 N–H and O–H groups in total. The molecule has 4 heterocycles. The fraction of sp³-hybridized carbons (Fsp3) is 0.452. The maximum atomic E-state index is 14.7. The zero-order valence-electron chi connectivity index (χ0n) is 24.6. The van der Waals surface area contributed by atoms with Crippen LogP contribution in [0.2, 0.25) is 0 Å². The number of unbranched alkanes of at least 4 members (excludes halogenated alkanes) is 3. The van der Waals surface area contributed by atoms with E-state index in [9.17, 15) is 23.6 Å². The van der Waals surface area contributed by atoms with Crippen molar-refractivity contribution in [3.8, 4) is 11.3 Å². The summed E-state index contributed by atoms with van der Waals surface area (Å²) >= 11 is 0. The number of hydrogen-bond donors (Lipinski definition) is 3. The van der Waals surface area contributed by atoms with Crippen molar-refractivity contribution < 1.29 is 23.6 Å². The van der Waals surface area contributed by atoms with E-state index in [4.69, 9.17) is 0 Å². The molecule has 4 amide bonds. The van der Waals surface area contributed by atoms with Gasteiger partial charge < -0.3 is 10.6 Å². The quantitative estimate of drug-likeness (QED) is 0.197. The normalized spacial score (nSPS) is 18.0. The number of aromatic nitrogens is 4. The first-order valence-electron chi connectivity index (χ1n) is 15.2. The Balaban J connectivity index is 0.959. The number of imide groups is 2. The number of rotatable bonds is 13. The van der Waals surface area contributed by atoms with E-state index in [0.29, 0.717) is 36.2 Å². The molecule has 3 aromatic rings. The van der Waals surface area contributed by atoms with E-state index >= 15 is 0 Å². The number of amides is 4. The van der Waals surface area contributed by atoms with E-state index in [-0.39, 0.29) is 29.7 Å². The minimum absolute atomic E-state index is 0.0784. The number of halogens is 1. The molecule has 1 unspecified atom stereocenters. The van der Waals surface area contributed by atoms with Crippen LogP contribution in [-0.4, -0.2) is 67.4 Å². The van der Waals surface area contributed by atoms with Gasteiger partial charge >= 0.3 is 0 Å². The van der Waals surface area contributed by atoms with Crippen molar-refractivity contribution in [3.05, 3.63) is 53.2 Å². The van der Waals surface area contributed by atoms with Crippen LogP contribution in [0.15, 0.2) is 30.6 Å². The van der Waals surface area contributed by atoms with Gasteiger partial charge in [-0.2, -0.15) is 5.10 Å². The van der Waals surface area contributed by atoms with Gasteiger partial charge in [0.1, 0.15) is 11.7 Å². The Morgan fingerprint density at radius 1 is 0.955 bits per heavy atom. The van der Waals surface area contributed by atoms with Gasteiger partial charge in [-0.15, -0.1) is 0 Å². The van der Waals surface area contributed by atoms with Crippen molar-refractivity contribution in [3.63, 3.8) is 0 Å². The highest BCUT2D eigenvalue weighted by Crippen LogP contribution is 2.36. The van der Waals surface area contributed by atoms with Crippen molar-refractivity contribution in [2.24, 2.45) is 13.0 Å². The second-order valence-electron chi connectivity index (χ2n) is 11.6. The number of aryl methyl sites for hydroxylation is 1. The van der Waals surface area contributed by atoms with Crippen LogP contribution in [0, 0.1) is 11.7 Å². The summed E-state index contributed by atoms with van der Waals surface area (Å²) in [7, 11) is 1.87. The lowest BCUT2D eigenvalue weighted by molar-refractivity contribution is -0.136. The van der Waals surface area contributed by atoms with Gasteiger partial charge in [-0.05, 0) is 56.6 Å². The van der Waals surface area contributed by atoms with E-state index in [1.165, 1.54) is 19.0 Å². The molecular weight excluding hydrogens is 567 g/mol. The van der Waals surface area contributed by atoms with Crippen LogP contribution < -0.4 is 16.0 Å². The Bertz CT molecular complexity index is 1620. The zero-order valence-corrected chi connectivity index (χ0v) is 24.6. The number of hydrogen-bond acceptors (Lipinski definition) is 9. The van der Waals surface area contributed by atoms with E-state index in [1.807, 2.05) is 7.05 Å². The van der Waals surface area contributed by atoms with Crippen molar-refractivity contribution in [1.29, 1.82) is 0 Å². The van der Waals surface area contributed by atoms with Crippen LogP contribution in [0.1, 0.15) is 77.8 Å². The molecule has 2 aromatic heterocycles. The van der Waals surface area contributed by atoms with E-state index in [1.54, 1.807) is 29.1 Å².